The lowest BCUT2D eigenvalue weighted by atomic mass is 9.98. The molecule has 0 aliphatic rings. The van der Waals surface area contributed by atoms with E-state index in [0.29, 0.717) is 24.1 Å². The number of benzene rings is 2. The zero-order valence-corrected chi connectivity index (χ0v) is 13.3. The fraction of sp³-hybridized carbons (Fsp3) is 0.368. The van der Waals surface area contributed by atoms with Gasteiger partial charge in [0, 0.05) is 18.2 Å². The normalized spacial score (nSPS) is 11.4. The molecule has 0 aliphatic carbocycles. The molecule has 0 saturated heterocycles. The van der Waals surface area contributed by atoms with Crippen molar-refractivity contribution in [1.82, 2.24) is 5.32 Å². The minimum atomic E-state index is -0.147. The van der Waals surface area contributed by atoms with Crippen molar-refractivity contribution in [2.45, 2.75) is 46.2 Å². The Morgan fingerprint density at radius 1 is 0.905 bits per heavy atom. The summed E-state index contributed by atoms with van der Waals surface area (Å²) in [6, 6.07) is 14.2. The van der Waals surface area contributed by atoms with Gasteiger partial charge in [0.25, 0.3) is 0 Å². The predicted molar refractivity (Wildman–Crippen MR) is 87.9 cm³/mol. The first-order valence-corrected chi connectivity index (χ1v) is 7.59. The van der Waals surface area contributed by atoms with Gasteiger partial charge >= 0.3 is 0 Å². The maximum Gasteiger partial charge on any atom is 0.127 e. The second kappa shape index (κ2) is 6.86. The summed E-state index contributed by atoms with van der Waals surface area (Å²) in [5.41, 5.74) is 4.23. The van der Waals surface area contributed by atoms with Crippen molar-refractivity contribution in [3.05, 3.63) is 59.4 Å². The molecule has 112 valence electrons. The molecule has 1 nitrogen and oxygen atoms in total. The van der Waals surface area contributed by atoms with Crippen molar-refractivity contribution in [2.24, 2.45) is 0 Å². The highest BCUT2D eigenvalue weighted by Crippen LogP contribution is 2.24. The highest BCUT2D eigenvalue weighted by Gasteiger charge is 2.07. The fourth-order valence-corrected chi connectivity index (χ4v) is 2.26. The lowest BCUT2D eigenvalue weighted by molar-refractivity contribution is 0.553. The molecule has 0 spiro atoms. The fourth-order valence-electron chi connectivity index (χ4n) is 2.26. The standard InChI is InChI=1S/C19H24FN/c1-13(2)15-5-7-16(8-6-15)17-9-10-19(20)18(11-17)12-21-14(3)4/h5-11,13-14,21H,12H2,1-4H3. The third-order valence-corrected chi connectivity index (χ3v) is 3.66. The molecule has 0 atom stereocenters. The minimum absolute atomic E-state index is 0.147. The Morgan fingerprint density at radius 3 is 2.10 bits per heavy atom. The maximum atomic E-state index is 13.9. The molecule has 0 unspecified atom stereocenters. The smallest absolute Gasteiger partial charge is 0.127 e. The Kier molecular flexibility index (Phi) is 5.13. The van der Waals surface area contributed by atoms with E-state index in [9.17, 15) is 4.39 Å². The van der Waals surface area contributed by atoms with E-state index < -0.39 is 0 Å². The summed E-state index contributed by atoms with van der Waals surface area (Å²) in [7, 11) is 0. The first-order valence-electron chi connectivity index (χ1n) is 7.59. The molecule has 1 N–H and O–H groups in total. The van der Waals surface area contributed by atoms with Crippen molar-refractivity contribution < 1.29 is 4.39 Å². The molecule has 0 amide bonds. The van der Waals surface area contributed by atoms with E-state index in [0.717, 1.165) is 11.1 Å². The Balaban J connectivity index is 2.25. The second-order valence-corrected chi connectivity index (χ2v) is 6.12. The highest BCUT2D eigenvalue weighted by atomic mass is 19.1. The van der Waals surface area contributed by atoms with Gasteiger partial charge in [-0.05, 0) is 34.7 Å². The summed E-state index contributed by atoms with van der Waals surface area (Å²) in [4.78, 5) is 0. The van der Waals surface area contributed by atoms with Gasteiger partial charge in [-0.25, -0.2) is 4.39 Å². The summed E-state index contributed by atoms with van der Waals surface area (Å²) in [6.07, 6.45) is 0. The molecular formula is C19H24FN. The molecule has 0 bridgehead atoms. The number of nitrogens with one attached hydrogen (secondary N) is 1. The van der Waals surface area contributed by atoms with E-state index in [1.54, 1.807) is 6.07 Å². The van der Waals surface area contributed by atoms with E-state index in [-0.39, 0.29) is 5.82 Å². The Morgan fingerprint density at radius 2 is 1.52 bits per heavy atom. The van der Waals surface area contributed by atoms with Crippen LogP contribution >= 0.6 is 0 Å². The van der Waals surface area contributed by atoms with Gasteiger partial charge in [0.15, 0.2) is 0 Å². The number of halogens is 1. The van der Waals surface area contributed by atoms with Gasteiger partial charge < -0.3 is 5.32 Å². The molecular weight excluding hydrogens is 261 g/mol. The van der Waals surface area contributed by atoms with Gasteiger partial charge in [0.2, 0.25) is 0 Å². The van der Waals surface area contributed by atoms with E-state index in [2.05, 4.69) is 57.3 Å². The van der Waals surface area contributed by atoms with Gasteiger partial charge in [0.1, 0.15) is 5.82 Å². The Hall–Kier alpha value is -1.67. The summed E-state index contributed by atoms with van der Waals surface area (Å²) in [5.74, 6) is 0.378. The van der Waals surface area contributed by atoms with Gasteiger partial charge in [-0.3, -0.25) is 0 Å². The van der Waals surface area contributed by atoms with Crippen LogP contribution in [0, 0.1) is 5.82 Å². The first-order chi connectivity index (χ1) is 9.97. The molecule has 0 fully saturated rings. The van der Waals surface area contributed by atoms with Crippen LogP contribution < -0.4 is 5.32 Å². The Labute approximate surface area is 127 Å². The lowest BCUT2D eigenvalue weighted by Gasteiger charge is -2.11. The minimum Gasteiger partial charge on any atom is -0.310 e. The molecule has 2 aromatic rings. The molecule has 0 radical (unpaired) electrons. The molecule has 0 aliphatic heterocycles. The monoisotopic (exact) mass is 285 g/mol. The topological polar surface area (TPSA) is 12.0 Å². The quantitative estimate of drug-likeness (QED) is 0.804. The van der Waals surface area contributed by atoms with Crippen LogP contribution in [-0.4, -0.2) is 6.04 Å². The van der Waals surface area contributed by atoms with E-state index in [4.69, 9.17) is 0 Å². The third kappa shape index (κ3) is 4.15. The Bertz CT molecular complexity index is 585. The largest absolute Gasteiger partial charge is 0.310 e. The first kappa shape index (κ1) is 15.7. The van der Waals surface area contributed by atoms with Gasteiger partial charge in [-0.15, -0.1) is 0 Å². The number of hydrogen-bond acceptors (Lipinski definition) is 1. The van der Waals surface area contributed by atoms with Crippen LogP contribution in [0.4, 0.5) is 4.39 Å². The van der Waals surface area contributed by atoms with Crippen LogP contribution in [0.15, 0.2) is 42.5 Å². The maximum absolute atomic E-state index is 13.9. The highest BCUT2D eigenvalue weighted by molar-refractivity contribution is 5.64. The second-order valence-electron chi connectivity index (χ2n) is 6.12. The van der Waals surface area contributed by atoms with Crippen LogP contribution in [0.1, 0.15) is 44.7 Å². The lowest BCUT2D eigenvalue weighted by Crippen LogP contribution is -2.22. The van der Waals surface area contributed by atoms with Crippen LogP contribution in [0.3, 0.4) is 0 Å². The van der Waals surface area contributed by atoms with Crippen molar-refractivity contribution in [1.29, 1.82) is 0 Å². The SMILES string of the molecule is CC(C)NCc1cc(-c2ccc(C(C)C)cc2)ccc1F. The van der Waals surface area contributed by atoms with E-state index in [1.807, 2.05) is 12.1 Å². The molecule has 2 aromatic carbocycles. The predicted octanol–water partition coefficient (Wildman–Crippen LogP) is 5.11. The van der Waals surface area contributed by atoms with Gasteiger partial charge in [-0.1, -0.05) is 58.0 Å². The van der Waals surface area contributed by atoms with Crippen LogP contribution in [0.2, 0.25) is 0 Å². The zero-order valence-electron chi connectivity index (χ0n) is 13.3. The van der Waals surface area contributed by atoms with E-state index in [1.165, 1.54) is 5.56 Å². The van der Waals surface area contributed by atoms with Crippen LogP contribution in [0.5, 0.6) is 0 Å². The molecule has 0 saturated carbocycles. The number of hydrogen-bond donors (Lipinski definition) is 1. The average molecular weight is 285 g/mol. The van der Waals surface area contributed by atoms with Crippen LogP contribution in [-0.2, 0) is 6.54 Å². The van der Waals surface area contributed by atoms with Crippen molar-refractivity contribution >= 4 is 0 Å². The van der Waals surface area contributed by atoms with Crippen molar-refractivity contribution in [3.8, 4) is 11.1 Å². The average Bonchev–Trinajstić information content (AvgIpc) is 2.46. The summed E-state index contributed by atoms with van der Waals surface area (Å²) in [5, 5.41) is 3.27. The van der Waals surface area contributed by atoms with E-state index >= 15 is 0 Å². The van der Waals surface area contributed by atoms with Gasteiger partial charge in [0.05, 0.1) is 0 Å². The third-order valence-electron chi connectivity index (χ3n) is 3.66. The summed E-state index contributed by atoms with van der Waals surface area (Å²) < 4.78 is 13.9. The van der Waals surface area contributed by atoms with Crippen LogP contribution in [0.25, 0.3) is 11.1 Å². The summed E-state index contributed by atoms with van der Waals surface area (Å²) in [6.45, 7) is 9.05. The molecule has 21 heavy (non-hydrogen) atoms. The van der Waals surface area contributed by atoms with Crippen molar-refractivity contribution in [2.75, 3.05) is 0 Å². The molecule has 0 aromatic heterocycles. The molecule has 0 heterocycles. The molecule has 2 heteroatoms. The molecule has 2 rings (SSSR count). The number of rotatable bonds is 5. The summed E-state index contributed by atoms with van der Waals surface area (Å²) >= 11 is 0. The van der Waals surface area contributed by atoms with Gasteiger partial charge in [-0.2, -0.15) is 0 Å². The zero-order chi connectivity index (χ0) is 15.4. The van der Waals surface area contributed by atoms with Crippen molar-refractivity contribution in [3.63, 3.8) is 0 Å².